The van der Waals surface area contributed by atoms with E-state index in [2.05, 4.69) is 25.5 Å². The number of nitrogens with one attached hydrogen (secondary N) is 1. The molecule has 6 heteroatoms. The number of hydrazone groups is 1. The molecule has 0 bridgehead atoms. The van der Waals surface area contributed by atoms with E-state index >= 15 is 0 Å². The van der Waals surface area contributed by atoms with Crippen LogP contribution in [0.2, 0.25) is 0 Å². The first-order chi connectivity index (χ1) is 10.9. The van der Waals surface area contributed by atoms with Gasteiger partial charge in [-0.15, -0.1) is 11.3 Å². The molecular formula is C16H15N5S. The third kappa shape index (κ3) is 2.46. The van der Waals surface area contributed by atoms with Crippen molar-refractivity contribution in [1.82, 2.24) is 15.0 Å². The summed E-state index contributed by atoms with van der Waals surface area (Å²) in [5.41, 5.74) is 5.43. The van der Waals surface area contributed by atoms with Gasteiger partial charge in [-0.25, -0.2) is 9.97 Å². The zero-order valence-corrected chi connectivity index (χ0v) is 12.8. The Kier molecular flexibility index (Phi) is 3.52. The molecule has 5 nitrogen and oxygen atoms in total. The first kappa shape index (κ1) is 13.3. The Bertz CT molecular complexity index is 825. The zero-order chi connectivity index (χ0) is 14.8. The fourth-order valence-corrected chi connectivity index (χ4v) is 4.02. The minimum atomic E-state index is 0.796. The molecule has 3 aromatic rings. The van der Waals surface area contributed by atoms with Gasteiger partial charge in [0.15, 0.2) is 5.82 Å². The summed E-state index contributed by atoms with van der Waals surface area (Å²) >= 11 is 1.79. The zero-order valence-electron chi connectivity index (χ0n) is 12.0. The van der Waals surface area contributed by atoms with Gasteiger partial charge in [0.25, 0.3) is 0 Å². The minimum Gasteiger partial charge on any atom is -0.264 e. The molecule has 0 spiro atoms. The Morgan fingerprint density at radius 1 is 1.23 bits per heavy atom. The van der Waals surface area contributed by atoms with Crippen molar-refractivity contribution in [2.24, 2.45) is 5.10 Å². The second-order valence-electron chi connectivity index (χ2n) is 5.27. The number of anilines is 1. The summed E-state index contributed by atoms with van der Waals surface area (Å²) in [4.78, 5) is 15.4. The van der Waals surface area contributed by atoms with Gasteiger partial charge in [0.2, 0.25) is 0 Å². The van der Waals surface area contributed by atoms with E-state index in [0.717, 1.165) is 34.4 Å². The smallest absolute Gasteiger partial charge is 0.158 e. The molecule has 1 N–H and O–H groups in total. The molecule has 0 saturated carbocycles. The van der Waals surface area contributed by atoms with Crippen LogP contribution in [0.15, 0.2) is 36.0 Å². The molecule has 0 aromatic carbocycles. The van der Waals surface area contributed by atoms with Gasteiger partial charge in [-0.1, -0.05) is 6.07 Å². The van der Waals surface area contributed by atoms with Crippen molar-refractivity contribution in [2.75, 3.05) is 5.43 Å². The maximum absolute atomic E-state index is 4.42. The second-order valence-corrected chi connectivity index (χ2v) is 6.35. The number of rotatable bonds is 3. The van der Waals surface area contributed by atoms with Gasteiger partial charge in [-0.05, 0) is 37.3 Å². The number of hydrogen-bond acceptors (Lipinski definition) is 6. The number of fused-ring (bicyclic) bond motifs is 3. The van der Waals surface area contributed by atoms with Gasteiger partial charge in [0, 0.05) is 22.8 Å². The quantitative estimate of drug-likeness (QED) is 0.595. The molecule has 4 rings (SSSR count). The third-order valence-electron chi connectivity index (χ3n) is 3.82. The lowest BCUT2D eigenvalue weighted by Gasteiger charge is -2.11. The van der Waals surface area contributed by atoms with Gasteiger partial charge in [-0.2, -0.15) is 5.10 Å². The van der Waals surface area contributed by atoms with Crippen molar-refractivity contribution < 1.29 is 0 Å². The molecule has 0 unspecified atom stereocenters. The van der Waals surface area contributed by atoms with Crippen molar-refractivity contribution in [1.29, 1.82) is 0 Å². The highest BCUT2D eigenvalue weighted by Crippen LogP contribution is 2.37. The summed E-state index contributed by atoms with van der Waals surface area (Å²) in [6.07, 6.45) is 11.7. The lowest BCUT2D eigenvalue weighted by molar-refractivity contribution is 0.700. The Balaban J connectivity index is 1.67. The molecule has 0 atom stereocenters. The average molecular weight is 309 g/mol. The fraction of sp³-hybridized carbons (Fsp3) is 0.250. The fourth-order valence-electron chi connectivity index (χ4n) is 2.80. The van der Waals surface area contributed by atoms with Crippen LogP contribution in [-0.2, 0) is 12.8 Å². The summed E-state index contributed by atoms with van der Waals surface area (Å²) in [6.45, 7) is 0. The Hall–Kier alpha value is -2.34. The third-order valence-corrected chi connectivity index (χ3v) is 5.02. The SMILES string of the molecule is C(=NNc1ncnc2sc3c(c12)CCCC3)c1cccnc1. The van der Waals surface area contributed by atoms with E-state index in [-0.39, 0.29) is 0 Å². The molecular weight excluding hydrogens is 294 g/mol. The summed E-state index contributed by atoms with van der Waals surface area (Å²) in [7, 11) is 0. The standard InChI is InChI=1S/C16H15N5S/c1-2-6-13-12(5-1)14-15(18-10-19-16(14)22-13)21-20-9-11-4-3-7-17-8-11/h3-4,7-10H,1-2,5-6H2,(H,18,19,21). The van der Waals surface area contributed by atoms with Crippen molar-refractivity contribution in [3.63, 3.8) is 0 Å². The van der Waals surface area contributed by atoms with E-state index in [1.54, 1.807) is 36.3 Å². The first-order valence-corrected chi connectivity index (χ1v) is 8.18. The van der Waals surface area contributed by atoms with Crippen LogP contribution >= 0.6 is 11.3 Å². The number of hydrogen-bond donors (Lipinski definition) is 1. The lowest BCUT2D eigenvalue weighted by Crippen LogP contribution is -2.00. The highest BCUT2D eigenvalue weighted by atomic mass is 32.1. The van der Waals surface area contributed by atoms with Gasteiger partial charge >= 0.3 is 0 Å². The lowest BCUT2D eigenvalue weighted by atomic mass is 9.97. The van der Waals surface area contributed by atoms with Crippen LogP contribution in [0.1, 0.15) is 28.8 Å². The number of aromatic nitrogens is 3. The maximum atomic E-state index is 4.42. The van der Waals surface area contributed by atoms with Gasteiger partial charge in [-0.3, -0.25) is 10.4 Å². The van der Waals surface area contributed by atoms with E-state index in [0.29, 0.717) is 0 Å². The van der Waals surface area contributed by atoms with Crippen LogP contribution in [0.25, 0.3) is 10.2 Å². The number of thiophene rings is 1. The van der Waals surface area contributed by atoms with Crippen molar-refractivity contribution in [2.45, 2.75) is 25.7 Å². The average Bonchev–Trinajstić information content (AvgIpc) is 2.95. The van der Waals surface area contributed by atoms with Crippen molar-refractivity contribution in [3.8, 4) is 0 Å². The monoisotopic (exact) mass is 309 g/mol. The molecule has 22 heavy (non-hydrogen) atoms. The first-order valence-electron chi connectivity index (χ1n) is 7.36. The normalized spacial score (nSPS) is 14.4. The van der Waals surface area contributed by atoms with Crippen molar-refractivity contribution >= 4 is 33.6 Å². The van der Waals surface area contributed by atoms with Gasteiger partial charge in [0.1, 0.15) is 11.2 Å². The molecule has 0 aliphatic heterocycles. The number of nitrogens with zero attached hydrogens (tertiary/aromatic N) is 4. The molecule has 1 aliphatic rings. The summed E-state index contributed by atoms with van der Waals surface area (Å²) < 4.78 is 0. The molecule has 3 heterocycles. The second kappa shape index (κ2) is 5.81. The van der Waals surface area contributed by atoms with E-state index in [9.17, 15) is 0 Å². The molecule has 3 aromatic heterocycles. The van der Waals surface area contributed by atoms with Crippen LogP contribution < -0.4 is 5.43 Å². The Morgan fingerprint density at radius 2 is 2.18 bits per heavy atom. The van der Waals surface area contributed by atoms with E-state index in [1.165, 1.54) is 23.3 Å². The molecule has 110 valence electrons. The van der Waals surface area contributed by atoms with E-state index < -0.39 is 0 Å². The molecule has 0 saturated heterocycles. The summed E-state index contributed by atoms with van der Waals surface area (Å²) in [5, 5.41) is 5.43. The van der Waals surface area contributed by atoms with E-state index in [1.807, 2.05) is 12.1 Å². The van der Waals surface area contributed by atoms with Gasteiger partial charge in [0.05, 0.1) is 11.6 Å². The molecule has 0 fully saturated rings. The minimum absolute atomic E-state index is 0.796. The Morgan fingerprint density at radius 3 is 3.09 bits per heavy atom. The molecule has 0 amide bonds. The predicted octanol–water partition coefficient (Wildman–Crippen LogP) is 3.41. The van der Waals surface area contributed by atoms with Crippen molar-refractivity contribution in [3.05, 3.63) is 46.9 Å². The highest BCUT2D eigenvalue weighted by molar-refractivity contribution is 7.19. The maximum Gasteiger partial charge on any atom is 0.158 e. The predicted molar refractivity (Wildman–Crippen MR) is 89.5 cm³/mol. The number of aryl methyl sites for hydroxylation is 2. The van der Waals surface area contributed by atoms with Gasteiger partial charge < -0.3 is 0 Å². The Labute approximate surface area is 132 Å². The molecule has 1 aliphatic carbocycles. The van der Waals surface area contributed by atoms with Crippen LogP contribution in [0, 0.1) is 0 Å². The molecule has 0 radical (unpaired) electrons. The van der Waals surface area contributed by atoms with Crippen LogP contribution in [0.3, 0.4) is 0 Å². The van der Waals surface area contributed by atoms with Crippen LogP contribution in [0.5, 0.6) is 0 Å². The number of pyridine rings is 1. The van der Waals surface area contributed by atoms with E-state index in [4.69, 9.17) is 0 Å². The topological polar surface area (TPSA) is 63.1 Å². The van der Waals surface area contributed by atoms with Crippen LogP contribution in [-0.4, -0.2) is 21.2 Å². The largest absolute Gasteiger partial charge is 0.264 e. The van der Waals surface area contributed by atoms with Crippen LogP contribution in [0.4, 0.5) is 5.82 Å². The summed E-state index contributed by atoms with van der Waals surface area (Å²) in [5.74, 6) is 0.796. The highest BCUT2D eigenvalue weighted by Gasteiger charge is 2.19. The summed E-state index contributed by atoms with van der Waals surface area (Å²) in [6, 6.07) is 3.85.